The van der Waals surface area contributed by atoms with Gasteiger partial charge in [0.25, 0.3) is 5.91 Å². The van der Waals surface area contributed by atoms with Gasteiger partial charge in [0.1, 0.15) is 5.75 Å². The van der Waals surface area contributed by atoms with E-state index in [4.69, 9.17) is 25.8 Å². The van der Waals surface area contributed by atoms with Gasteiger partial charge >= 0.3 is 0 Å². The van der Waals surface area contributed by atoms with E-state index in [-0.39, 0.29) is 5.91 Å². The maximum atomic E-state index is 12.2. The number of hydrazone groups is 1. The third-order valence-corrected chi connectivity index (χ3v) is 4.03. The van der Waals surface area contributed by atoms with Gasteiger partial charge in [0.15, 0.2) is 11.5 Å². The second-order valence-electron chi connectivity index (χ2n) is 6.18. The van der Waals surface area contributed by atoms with Crippen molar-refractivity contribution in [2.75, 3.05) is 19.8 Å². The number of amides is 1. The third-order valence-electron chi connectivity index (χ3n) is 3.75. The maximum Gasteiger partial charge on any atom is 0.271 e. The first-order valence-electron chi connectivity index (χ1n) is 9.74. The Labute approximate surface area is 176 Å². The van der Waals surface area contributed by atoms with Crippen molar-refractivity contribution in [1.29, 1.82) is 0 Å². The molecule has 0 atom stereocenters. The molecule has 0 bridgehead atoms. The number of hydrogen-bond acceptors (Lipinski definition) is 5. The summed E-state index contributed by atoms with van der Waals surface area (Å²) >= 11 is 6.33. The van der Waals surface area contributed by atoms with E-state index in [0.29, 0.717) is 47.5 Å². The van der Waals surface area contributed by atoms with Crippen molar-refractivity contribution >= 4 is 23.7 Å². The number of benzene rings is 2. The highest BCUT2D eigenvalue weighted by Crippen LogP contribution is 2.36. The molecule has 0 aliphatic rings. The number of halogens is 1. The third kappa shape index (κ3) is 6.98. The normalized spacial score (nSPS) is 10.8. The summed E-state index contributed by atoms with van der Waals surface area (Å²) in [4.78, 5) is 12.2. The van der Waals surface area contributed by atoms with Crippen LogP contribution in [0.5, 0.6) is 17.2 Å². The molecule has 0 unspecified atom stereocenters. The zero-order valence-electron chi connectivity index (χ0n) is 17.0. The molecule has 7 heteroatoms. The SMILES string of the molecule is CCCOc1ccc(C(=O)N/N=C/c2cc(Cl)c(OCCC)c(OCC)c2)cc1. The van der Waals surface area contributed by atoms with E-state index in [9.17, 15) is 4.79 Å². The number of carbonyl (C=O) groups is 1. The molecule has 6 nitrogen and oxygen atoms in total. The minimum absolute atomic E-state index is 0.317. The van der Waals surface area contributed by atoms with Crippen LogP contribution in [0.15, 0.2) is 41.5 Å². The van der Waals surface area contributed by atoms with Crippen molar-refractivity contribution in [1.82, 2.24) is 5.43 Å². The van der Waals surface area contributed by atoms with Gasteiger partial charge in [0.05, 0.1) is 31.1 Å². The molecular formula is C22H27ClN2O4. The van der Waals surface area contributed by atoms with E-state index >= 15 is 0 Å². The number of hydrogen-bond donors (Lipinski definition) is 1. The van der Waals surface area contributed by atoms with Crippen LogP contribution in [0.3, 0.4) is 0 Å². The Morgan fingerprint density at radius 2 is 1.72 bits per heavy atom. The van der Waals surface area contributed by atoms with E-state index in [1.807, 2.05) is 20.8 Å². The van der Waals surface area contributed by atoms with Gasteiger partial charge in [-0.2, -0.15) is 5.10 Å². The van der Waals surface area contributed by atoms with Crippen LogP contribution in [0.1, 0.15) is 49.5 Å². The molecule has 0 saturated carbocycles. The van der Waals surface area contributed by atoms with Gasteiger partial charge in [-0.25, -0.2) is 5.43 Å². The summed E-state index contributed by atoms with van der Waals surface area (Å²) in [7, 11) is 0. The molecule has 0 aliphatic heterocycles. The number of nitrogens with zero attached hydrogens (tertiary/aromatic N) is 1. The molecule has 2 aromatic carbocycles. The summed E-state index contributed by atoms with van der Waals surface area (Å²) < 4.78 is 16.8. The Morgan fingerprint density at radius 3 is 2.38 bits per heavy atom. The van der Waals surface area contributed by atoms with Gasteiger partial charge < -0.3 is 14.2 Å². The first kappa shape index (κ1) is 22.6. The molecule has 0 fully saturated rings. The van der Waals surface area contributed by atoms with Crippen molar-refractivity contribution < 1.29 is 19.0 Å². The van der Waals surface area contributed by atoms with Crippen molar-refractivity contribution in [3.05, 3.63) is 52.5 Å². The van der Waals surface area contributed by atoms with Crippen molar-refractivity contribution in [2.24, 2.45) is 5.10 Å². The molecule has 1 amide bonds. The Morgan fingerprint density at radius 1 is 1.03 bits per heavy atom. The zero-order chi connectivity index (χ0) is 21.1. The molecule has 0 saturated heterocycles. The van der Waals surface area contributed by atoms with E-state index in [1.54, 1.807) is 36.4 Å². The topological polar surface area (TPSA) is 69.2 Å². The lowest BCUT2D eigenvalue weighted by molar-refractivity contribution is 0.0955. The van der Waals surface area contributed by atoms with Gasteiger partial charge in [-0.1, -0.05) is 25.4 Å². The minimum Gasteiger partial charge on any atom is -0.494 e. The van der Waals surface area contributed by atoms with Crippen LogP contribution in [0.2, 0.25) is 5.02 Å². The van der Waals surface area contributed by atoms with Crippen LogP contribution in [-0.2, 0) is 0 Å². The van der Waals surface area contributed by atoms with Crippen LogP contribution in [-0.4, -0.2) is 31.9 Å². The Kier molecular flexibility index (Phi) is 9.31. The highest BCUT2D eigenvalue weighted by Gasteiger charge is 2.12. The minimum atomic E-state index is -0.317. The van der Waals surface area contributed by atoms with Gasteiger partial charge in [0, 0.05) is 5.56 Å². The predicted molar refractivity (Wildman–Crippen MR) is 116 cm³/mol. The van der Waals surface area contributed by atoms with E-state index < -0.39 is 0 Å². The van der Waals surface area contributed by atoms with E-state index in [2.05, 4.69) is 10.5 Å². The van der Waals surface area contributed by atoms with Gasteiger partial charge in [0.2, 0.25) is 0 Å². The smallest absolute Gasteiger partial charge is 0.271 e. The Hall–Kier alpha value is -2.73. The molecule has 0 aromatic heterocycles. The van der Waals surface area contributed by atoms with Gasteiger partial charge in [-0.05, 0) is 61.7 Å². The number of rotatable bonds is 11. The van der Waals surface area contributed by atoms with E-state index in [0.717, 1.165) is 18.6 Å². The predicted octanol–water partition coefficient (Wildman–Crippen LogP) is 5.08. The van der Waals surface area contributed by atoms with Crippen molar-refractivity contribution in [2.45, 2.75) is 33.6 Å². The molecule has 156 valence electrons. The van der Waals surface area contributed by atoms with Crippen molar-refractivity contribution in [3.8, 4) is 17.2 Å². The lowest BCUT2D eigenvalue weighted by Gasteiger charge is -2.13. The first-order valence-corrected chi connectivity index (χ1v) is 10.1. The molecule has 0 radical (unpaired) electrons. The largest absolute Gasteiger partial charge is 0.494 e. The fourth-order valence-corrected chi connectivity index (χ4v) is 2.70. The summed E-state index contributed by atoms with van der Waals surface area (Å²) in [5, 5.41) is 4.44. The summed E-state index contributed by atoms with van der Waals surface area (Å²) in [6.07, 6.45) is 3.30. The summed E-state index contributed by atoms with van der Waals surface area (Å²) in [5.74, 6) is 1.48. The zero-order valence-corrected chi connectivity index (χ0v) is 17.8. The average Bonchev–Trinajstić information content (AvgIpc) is 2.72. The van der Waals surface area contributed by atoms with Gasteiger partial charge in [-0.3, -0.25) is 4.79 Å². The molecule has 0 spiro atoms. The van der Waals surface area contributed by atoms with Gasteiger partial charge in [-0.15, -0.1) is 0 Å². The van der Waals surface area contributed by atoms with Crippen LogP contribution in [0.4, 0.5) is 0 Å². The molecular weight excluding hydrogens is 392 g/mol. The van der Waals surface area contributed by atoms with Crippen LogP contribution >= 0.6 is 11.6 Å². The number of carbonyl (C=O) groups excluding carboxylic acids is 1. The van der Waals surface area contributed by atoms with E-state index in [1.165, 1.54) is 6.21 Å². The molecule has 2 rings (SSSR count). The Balaban J connectivity index is 2.04. The summed E-state index contributed by atoms with van der Waals surface area (Å²) in [6.45, 7) is 7.61. The molecule has 0 aliphatic carbocycles. The van der Waals surface area contributed by atoms with Crippen molar-refractivity contribution in [3.63, 3.8) is 0 Å². The highest BCUT2D eigenvalue weighted by atomic mass is 35.5. The second-order valence-corrected chi connectivity index (χ2v) is 6.59. The maximum absolute atomic E-state index is 12.2. The standard InChI is InChI=1S/C22H27ClN2O4/c1-4-11-28-18-9-7-17(8-10-18)22(26)25-24-15-16-13-19(23)21(29-12-5-2)20(14-16)27-6-3/h7-10,13-15H,4-6,11-12H2,1-3H3,(H,25,26)/b24-15+. The van der Waals surface area contributed by atoms with Crippen LogP contribution in [0, 0.1) is 0 Å². The number of ether oxygens (including phenoxy) is 3. The Bertz CT molecular complexity index is 822. The lowest BCUT2D eigenvalue weighted by atomic mass is 10.2. The van der Waals surface area contributed by atoms with Crippen LogP contribution < -0.4 is 19.6 Å². The fourth-order valence-electron chi connectivity index (χ4n) is 2.42. The first-order chi connectivity index (χ1) is 14.1. The molecule has 2 aromatic rings. The quantitative estimate of drug-likeness (QED) is 0.408. The highest BCUT2D eigenvalue weighted by molar-refractivity contribution is 6.32. The lowest BCUT2D eigenvalue weighted by Crippen LogP contribution is -2.17. The molecule has 0 heterocycles. The average molecular weight is 419 g/mol. The summed E-state index contributed by atoms with van der Waals surface area (Å²) in [5.41, 5.74) is 3.68. The fraction of sp³-hybridized carbons (Fsp3) is 0.364. The monoisotopic (exact) mass is 418 g/mol. The second kappa shape index (κ2) is 12.0. The number of nitrogens with one attached hydrogen (secondary N) is 1. The molecule has 1 N–H and O–H groups in total. The molecule has 29 heavy (non-hydrogen) atoms. The summed E-state index contributed by atoms with van der Waals surface area (Å²) in [6, 6.07) is 10.4. The van der Waals surface area contributed by atoms with Crippen LogP contribution in [0.25, 0.3) is 0 Å².